The van der Waals surface area contributed by atoms with Crippen LogP contribution in [0.15, 0.2) is 29.6 Å². The van der Waals surface area contributed by atoms with Crippen LogP contribution >= 0.6 is 11.3 Å². The third kappa shape index (κ3) is 3.15. The maximum atomic E-state index is 12.9. The van der Waals surface area contributed by atoms with Crippen LogP contribution in [-0.2, 0) is 17.8 Å². The average molecular weight is 328 g/mol. The molecule has 0 unspecified atom stereocenters. The predicted molar refractivity (Wildman–Crippen MR) is 92.9 cm³/mol. The summed E-state index contributed by atoms with van der Waals surface area (Å²) >= 11 is 1.76. The zero-order valence-electron chi connectivity index (χ0n) is 13.4. The second-order valence-electron chi connectivity index (χ2n) is 5.73. The largest absolute Gasteiger partial charge is 0.334 e. The molecule has 0 saturated carbocycles. The Kier molecular flexibility index (Phi) is 4.48. The molecule has 0 spiro atoms. The molecule has 3 rings (SSSR count). The lowest BCUT2D eigenvalue weighted by Crippen LogP contribution is -2.35. The molecule has 0 bridgehead atoms. The van der Waals surface area contributed by atoms with E-state index in [2.05, 4.69) is 16.8 Å². The van der Waals surface area contributed by atoms with Gasteiger partial charge in [0, 0.05) is 35.6 Å². The van der Waals surface area contributed by atoms with Gasteiger partial charge in [-0.2, -0.15) is 0 Å². The fourth-order valence-corrected chi connectivity index (χ4v) is 3.72. The molecule has 1 aliphatic heterocycles. The molecule has 2 amide bonds. The van der Waals surface area contributed by atoms with E-state index in [0.29, 0.717) is 18.5 Å². The maximum absolute atomic E-state index is 12.9. The standard InChI is InChI=1S/C18H20N2O2S/c1-3-17(21)19-15-6-4-5-14(12(15)2)18(22)20-9-7-16-13(11-20)8-10-23-16/h4-6,8,10H,3,7,9,11H2,1-2H3,(H,19,21). The van der Waals surface area contributed by atoms with Crippen molar-refractivity contribution in [2.24, 2.45) is 0 Å². The summed E-state index contributed by atoms with van der Waals surface area (Å²) in [5, 5.41) is 4.95. The summed E-state index contributed by atoms with van der Waals surface area (Å²) in [6.07, 6.45) is 1.34. The van der Waals surface area contributed by atoms with E-state index in [1.54, 1.807) is 11.3 Å². The zero-order valence-corrected chi connectivity index (χ0v) is 14.2. The second-order valence-corrected chi connectivity index (χ2v) is 6.73. The van der Waals surface area contributed by atoms with Crippen molar-refractivity contribution in [2.75, 3.05) is 11.9 Å². The number of hydrogen-bond donors (Lipinski definition) is 1. The molecule has 1 aliphatic rings. The Morgan fingerprint density at radius 2 is 2.13 bits per heavy atom. The van der Waals surface area contributed by atoms with Crippen LogP contribution in [0.1, 0.15) is 39.7 Å². The number of nitrogens with zero attached hydrogens (tertiary/aromatic N) is 1. The first-order chi connectivity index (χ1) is 11.1. The quantitative estimate of drug-likeness (QED) is 0.936. The second kappa shape index (κ2) is 6.54. The van der Waals surface area contributed by atoms with Gasteiger partial charge in [-0.1, -0.05) is 13.0 Å². The first-order valence-corrected chi connectivity index (χ1v) is 8.72. The molecule has 1 N–H and O–H groups in total. The number of amides is 2. The molecule has 1 aromatic heterocycles. The van der Waals surface area contributed by atoms with E-state index in [0.717, 1.165) is 24.2 Å². The Morgan fingerprint density at radius 1 is 1.30 bits per heavy atom. The number of nitrogens with one attached hydrogen (secondary N) is 1. The monoisotopic (exact) mass is 328 g/mol. The van der Waals surface area contributed by atoms with Crippen molar-refractivity contribution < 1.29 is 9.59 Å². The number of hydrogen-bond acceptors (Lipinski definition) is 3. The van der Waals surface area contributed by atoms with Gasteiger partial charge in [0.2, 0.25) is 5.91 Å². The highest BCUT2D eigenvalue weighted by molar-refractivity contribution is 7.10. The molecule has 0 radical (unpaired) electrons. The Hall–Kier alpha value is -2.14. The lowest BCUT2D eigenvalue weighted by molar-refractivity contribution is -0.115. The third-order valence-corrected chi connectivity index (χ3v) is 5.28. The summed E-state index contributed by atoms with van der Waals surface area (Å²) in [6, 6.07) is 7.60. The van der Waals surface area contributed by atoms with Crippen molar-refractivity contribution in [3.05, 3.63) is 51.2 Å². The third-order valence-electron chi connectivity index (χ3n) is 4.25. The summed E-state index contributed by atoms with van der Waals surface area (Å²) in [4.78, 5) is 27.8. The minimum atomic E-state index is -0.0430. The fraction of sp³-hybridized carbons (Fsp3) is 0.333. The fourth-order valence-electron chi connectivity index (χ4n) is 2.83. The number of thiophene rings is 1. The Bertz CT molecular complexity index is 751. The van der Waals surface area contributed by atoms with Crippen molar-refractivity contribution in [1.82, 2.24) is 4.90 Å². The highest BCUT2D eigenvalue weighted by Crippen LogP contribution is 2.27. The molecule has 4 nitrogen and oxygen atoms in total. The van der Waals surface area contributed by atoms with Crippen LogP contribution in [0.4, 0.5) is 5.69 Å². The Morgan fingerprint density at radius 3 is 2.91 bits per heavy atom. The molecule has 5 heteroatoms. The minimum absolute atomic E-state index is 0.0342. The summed E-state index contributed by atoms with van der Waals surface area (Å²) in [5.41, 5.74) is 3.46. The van der Waals surface area contributed by atoms with Crippen LogP contribution in [-0.4, -0.2) is 23.3 Å². The molecule has 120 valence electrons. The minimum Gasteiger partial charge on any atom is -0.334 e. The van der Waals surface area contributed by atoms with Crippen molar-refractivity contribution in [1.29, 1.82) is 0 Å². The van der Waals surface area contributed by atoms with Gasteiger partial charge in [-0.25, -0.2) is 0 Å². The molecule has 0 saturated heterocycles. The summed E-state index contributed by atoms with van der Waals surface area (Å²) in [6.45, 7) is 5.12. The van der Waals surface area contributed by atoms with Crippen LogP contribution in [0, 0.1) is 6.92 Å². The predicted octanol–water partition coefficient (Wildman–Crippen LogP) is 3.60. The number of benzene rings is 1. The zero-order chi connectivity index (χ0) is 16.4. The summed E-state index contributed by atoms with van der Waals surface area (Å²) in [7, 11) is 0. The lowest BCUT2D eigenvalue weighted by Gasteiger charge is -2.28. The molecule has 23 heavy (non-hydrogen) atoms. The van der Waals surface area contributed by atoms with Crippen LogP contribution < -0.4 is 5.32 Å². The van der Waals surface area contributed by atoms with Crippen molar-refractivity contribution in [2.45, 2.75) is 33.2 Å². The number of anilines is 1. The van der Waals surface area contributed by atoms with Gasteiger partial charge < -0.3 is 10.2 Å². The molecular formula is C18H20N2O2S. The van der Waals surface area contributed by atoms with E-state index < -0.39 is 0 Å². The van der Waals surface area contributed by atoms with E-state index in [-0.39, 0.29) is 11.8 Å². The van der Waals surface area contributed by atoms with E-state index in [9.17, 15) is 9.59 Å². The van der Waals surface area contributed by atoms with Crippen molar-refractivity contribution in [3.8, 4) is 0 Å². The van der Waals surface area contributed by atoms with Gasteiger partial charge in [-0.05, 0) is 48.1 Å². The van der Waals surface area contributed by atoms with Gasteiger partial charge in [-0.15, -0.1) is 11.3 Å². The molecule has 0 atom stereocenters. The first kappa shape index (κ1) is 15.7. The number of carbonyl (C=O) groups excluding carboxylic acids is 2. The first-order valence-electron chi connectivity index (χ1n) is 7.84. The van der Waals surface area contributed by atoms with E-state index in [1.807, 2.05) is 36.9 Å². The van der Waals surface area contributed by atoms with Crippen LogP contribution in [0.25, 0.3) is 0 Å². The van der Waals surface area contributed by atoms with Crippen LogP contribution in [0.3, 0.4) is 0 Å². The number of fused-ring (bicyclic) bond motifs is 1. The molecular weight excluding hydrogens is 308 g/mol. The maximum Gasteiger partial charge on any atom is 0.254 e. The molecule has 2 aromatic rings. The highest BCUT2D eigenvalue weighted by Gasteiger charge is 2.24. The van der Waals surface area contributed by atoms with Gasteiger partial charge in [0.05, 0.1) is 0 Å². The van der Waals surface area contributed by atoms with Crippen molar-refractivity contribution in [3.63, 3.8) is 0 Å². The molecule has 1 aromatic carbocycles. The van der Waals surface area contributed by atoms with E-state index in [1.165, 1.54) is 10.4 Å². The van der Waals surface area contributed by atoms with Gasteiger partial charge in [0.15, 0.2) is 0 Å². The van der Waals surface area contributed by atoms with E-state index in [4.69, 9.17) is 0 Å². The van der Waals surface area contributed by atoms with Gasteiger partial charge >= 0.3 is 0 Å². The molecule has 0 fully saturated rings. The smallest absolute Gasteiger partial charge is 0.254 e. The molecule has 2 heterocycles. The van der Waals surface area contributed by atoms with Crippen LogP contribution in [0.5, 0.6) is 0 Å². The summed E-state index contributed by atoms with van der Waals surface area (Å²) < 4.78 is 0. The normalized spacial score (nSPS) is 13.6. The highest BCUT2D eigenvalue weighted by atomic mass is 32.1. The topological polar surface area (TPSA) is 49.4 Å². The van der Waals surface area contributed by atoms with Gasteiger partial charge in [-0.3, -0.25) is 9.59 Å². The number of rotatable bonds is 3. The Balaban J connectivity index is 1.83. The van der Waals surface area contributed by atoms with Crippen molar-refractivity contribution >= 4 is 28.8 Å². The number of carbonyl (C=O) groups is 2. The average Bonchev–Trinajstić information content (AvgIpc) is 3.03. The SMILES string of the molecule is CCC(=O)Nc1cccc(C(=O)N2CCc3sccc3C2)c1C. The van der Waals surface area contributed by atoms with Crippen LogP contribution in [0.2, 0.25) is 0 Å². The lowest BCUT2D eigenvalue weighted by atomic mass is 10.0. The van der Waals surface area contributed by atoms with Gasteiger partial charge in [0.1, 0.15) is 0 Å². The Labute approximate surface area is 140 Å². The summed E-state index contributed by atoms with van der Waals surface area (Å²) in [5.74, 6) is -0.00876. The van der Waals surface area contributed by atoms with Gasteiger partial charge in [0.25, 0.3) is 5.91 Å². The van der Waals surface area contributed by atoms with E-state index >= 15 is 0 Å². The molecule has 0 aliphatic carbocycles.